The molecular formula is C12H14BrNO2. The highest BCUT2D eigenvalue weighted by molar-refractivity contribution is 9.09. The number of amides is 1. The number of halogens is 1. The first-order chi connectivity index (χ1) is 7.72. The quantitative estimate of drug-likeness (QED) is 0.667. The first-order valence-electron chi connectivity index (χ1n) is 4.94. The SMILES string of the molecule is CC(=O)Nc1cccc(OC/C=C/CBr)c1. The number of alkyl halides is 1. The van der Waals surface area contributed by atoms with Crippen LogP contribution in [-0.2, 0) is 4.79 Å². The summed E-state index contributed by atoms with van der Waals surface area (Å²) >= 11 is 3.28. The van der Waals surface area contributed by atoms with Crippen LogP contribution in [0.4, 0.5) is 5.69 Å². The molecule has 0 bridgehead atoms. The standard InChI is InChI=1S/C12H14BrNO2/c1-10(15)14-11-5-4-6-12(9-11)16-8-3-2-7-13/h2-6,9H,7-8H2,1H3,(H,14,15)/b3-2+. The molecule has 1 aromatic carbocycles. The molecule has 1 amide bonds. The Morgan fingerprint density at radius 1 is 1.50 bits per heavy atom. The predicted octanol–water partition coefficient (Wildman–Crippen LogP) is 2.97. The van der Waals surface area contributed by atoms with Crippen LogP contribution in [0.25, 0.3) is 0 Å². The molecule has 1 aromatic rings. The van der Waals surface area contributed by atoms with Crippen LogP contribution in [0.1, 0.15) is 6.92 Å². The van der Waals surface area contributed by atoms with Crippen LogP contribution < -0.4 is 10.1 Å². The minimum atomic E-state index is -0.0867. The van der Waals surface area contributed by atoms with E-state index in [0.717, 1.165) is 16.8 Å². The number of anilines is 1. The summed E-state index contributed by atoms with van der Waals surface area (Å²) in [7, 11) is 0. The van der Waals surface area contributed by atoms with E-state index in [1.807, 2.05) is 30.4 Å². The number of ether oxygens (including phenoxy) is 1. The molecule has 86 valence electrons. The molecule has 0 atom stereocenters. The summed E-state index contributed by atoms with van der Waals surface area (Å²) in [6, 6.07) is 7.31. The van der Waals surface area contributed by atoms with Crippen LogP contribution in [0.3, 0.4) is 0 Å². The maximum absolute atomic E-state index is 10.9. The summed E-state index contributed by atoms with van der Waals surface area (Å²) in [6.45, 7) is 2.00. The molecule has 0 aliphatic heterocycles. The molecular weight excluding hydrogens is 270 g/mol. The first kappa shape index (κ1) is 12.8. The van der Waals surface area contributed by atoms with Crippen LogP contribution in [-0.4, -0.2) is 17.8 Å². The van der Waals surface area contributed by atoms with Gasteiger partial charge in [-0.1, -0.05) is 34.1 Å². The Labute approximate surface area is 104 Å². The topological polar surface area (TPSA) is 38.3 Å². The average molecular weight is 284 g/mol. The van der Waals surface area contributed by atoms with Gasteiger partial charge in [0.15, 0.2) is 0 Å². The lowest BCUT2D eigenvalue weighted by Gasteiger charge is -2.06. The maximum atomic E-state index is 10.9. The third-order valence-electron chi connectivity index (χ3n) is 1.76. The van der Waals surface area contributed by atoms with Crippen molar-refractivity contribution in [2.24, 2.45) is 0 Å². The highest BCUT2D eigenvalue weighted by Gasteiger charge is 1.97. The number of benzene rings is 1. The smallest absolute Gasteiger partial charge is 0.221 e. The second-order valence-electron chi connectivity index (χ2n) is 3.15. The Hall–Kier alpha value is -1.29. The third-order valence-corrected chi connectivity index (χ3v) is 2.13. The molecule has 16 heavy (non-hydrogen) atoms. The molecule has 0 spiro atoms. The number of hydrogen-bond donors (Lipinski definition) is 1. The van der Waals surface area contributed by atoms with Crippen molar-refractivity contribution < 1.29 is 9.53 Å². The van der Waals surface area contributed by atoms with E-state index in [1.54, 1.807) is 6.07 Å². The van der Waals surface area contributed by atoms with Gasteiger partial charge in [0.05, 0.1) is 0 Å². The Kier molecular flexibility index (Phi) is 5.64. The molecule has 0 heterocycles. The fourth-order valence-electron chi connectivity index (χ4n) is 1.14. The molecule has 0 saturated carbocycles. The van der Waals surface area contributed by atoms with E-state index in [4.69, 9.17) is 4.74 Å². The zero-order valence-corrected chi connectivity index (χ0v) is 10.7. The van der Waals surface area contributed by atoms with E-state index in [9.17, 15) is 4.79 Å². The Morgan fingerprint density at radius 3 is 3.00 bits per heavy atom. The van der Waals surface area contributed by atoms with Gasteiger partial charge in [-0.2, -0.15) is 0 Å². The van der Waals surface area contributed by atoms with E-state index < -0.39 is 0 Å². The highest BCUT2D eigenvalue weighted by Crippen LogP contribution is 2.17. The predicted molar refractivity (Wildman–Crippen MR) is 69.2 cm³/mol. The molecule has 3 nitrogen and oxygen atoms in total. The van der Waals surface area contributed by atoms with Crippen molar-refractivity contribution in [2.45, 2.75) is 6.92 Å². The third kappa shape index (κ3) is 4.98. The van der Waals surface area contributed by atoms with Gasteiger partial charge in [0.1, 0.15) is 12.4 Å². The minimum absolute atomic E-state index is 0.0867. The summed E-state index contributed by atoms with van der Waals surface area (Å²) in [5.41, 5.74) is 0.745. The number of carbonyl (C=O) groups is 1. The highest BCUT2D eigenvalue weighted by atomic mass is 79.9. The van der Waals surface area contributed by atoms with Gasteiger partial charge < -0.3 is 10.1 Å². The largest absolute Gasteiger partial charge is 0.489 e. The van der Waals surface area contributed by atoms with Crippen molar-refractivity contribution in [3.05, 3.63) is 36.4 Å². The number of rotatable bonds is 5. The lowest BCUT2D eigenvalue weighted by molar-refractivity contribution is -0.114. The van der Waals surface area contributed by atoms with Gasteiger partial charge in [-0.15, -0.1) is 0 Å². The molecule has 1 N–H and O–H groups in total. The van der Waals surface area contributed by atoms with Crippen LogP contribution in [0.15, 0.2) is 36.4 Å². The van der Waals surface area contributed by atoms with Crippen molar-refractivity contribution >= 4 is 27.5 Å². The Bertz CT molecular complexity index is 377. The first-order valence-corrected chi connectivity index (χ1v) is 6.06. The van der Waals surface area contributed by atoms with Crippen molar-refractivity contribution in [3.8, 4) is 5.75 Å². The minimum Gasteiger partial charge on any atom is -0.489 e. The second-order valence-corrected chi connectivity index (χ2v) is 3.79. The molecule has 0 fully saturated rings. The van der Waals surface area contributed by atoms with E-state index in [-0.39, 0.29) is 5.91 Å². The molecule has 0 unspecified atom stereocenters. The molecule has 0 aromatic heterocycles. The molecule has 1 rings (SSSR count). The summed E-state index contributed by atoms with van der Waals surface area (Å²) < 4.78 is 5.47. The maximum Gasteiger partial charge on any atom is 0.221 e. The Morgan fingerprint density at radius 2 is 2.31 bits per heavy atom. The van der Waals surface area contributed by atoms with Gasteiger partial charge in [-0.05, 0) is 12.1 Å². The lowest BCUT2D eigenvalue weighted by Crippen LogP contribution is -2.05. The molecule has 0 aliphatic carbocycles. The zero-order valence-electron chi connectivity index (χ0n) is 9.07. The van der Waals surface area contributed by atoms with Gasteiger partial charge in [0.25, 0.3) is 0 Å². The van der Waals surface area contributed by atoms with Crippen molar-refractivity contribution in [2.75, 3.05) is 17.3 Å². The van der Waals surface area contributed by atoms with Crippen LogP contribution in [0.2, 0.25) is 0 Å². The van der Waals surface area contributed by atoms with Gasteiger partial charge in [-0.25, -0.2) is 0 Å². The van der Waals surface area contributed by atoms with Crippen LogP contribution >= 0.6 is 15.9 Å². The molecule has 4 heteroatoms. The fraction of sp³-hybridized carbons (Fsp3) is 0.250. The fourth-order valence-corrected chi connectivity index (χ4v) is 1.41. The van der Waals surface area contributed by atoms with E-state index in [0.29, 0.717) is 6.61 Å². The summed E-state index contributed by atoms with van der Waals surface area (Å²) in [4.78, 5) is 10.9. The van der Waals surface area contributed by atoms with E-state index >= 15 is 0 Å². The van der Waals surface area contributed by atoms with Crippen LogP contribution in [0, 0.1) is 0 Å². The monoisotopic (exact) mass is 283 g/mol. The van der Waals surface area contributed by atoms with Gasteiger partial charge in [0.2, 0.25) is 5.91 Å². The normalized spacial score (nSPS) is 10.4. The molecule has 0 aliphatic rings. The number of hydrogen-bond acceptors (Lipinski definition) is 2. The van der Waals surface area contributed by atoms with Crippen molar-refractivity contribution in [3.63, 3.8) is 0 Å². The van der Waals surface area contributed by atoms with Gasteiger partial charge in [0, 0.05) is 24.0 Å². The number of nitrogens with one attached hydrogen (secondary N) is 1. The van der Waals surface area contributed by atoms with Crippen molar-refractivity contribution in [1.82, 2.24) is 0 Å². The zero-order chi connectivity index (χ0) is 11.8. The molecule has 0 radical (unpaired) electrons. The second kappa shape index (κ2) is 7.06. The Balaban J connectivity index is 2.53. The summed E-state index contributed by atoms with van der Waals surface area (Å²) in [6.07, 6.45) is 3.90. The number of carbonyl (C=O) groups excluding carboxylic acids is 1. The van der Waals surface area contributed by atoms with Gasteiger partial charge in [-0.3, -0.25) is 4.79 Å². The van der Waals surface area contributed by atoms with Crippen LogP contribution in [0.5, 0.6) is 5.75 Å². The summed E-state index contributed by atoms with van der Waals surface area (Å²) in [5, 5.41) is 3.52. The lowest BCUT2D eigenvalue weighted by atomic mass is 10.3. The number of allylic oxidation sites excluding steroid dienone is 1. The molecule has 0 saturated heterocycles. The van der Waals surface area contributed by atoms with Gasteiger partial charge >= 0.3 is 0 Å². The van der Waals surface area contributed by atoms with Crippen molar-refractivity contribution in [1.29, 1.82) is 0 Å². The van der Waals surface area contributed by atoms with E-state index in [2.05, 4.69) is 21.2 Å². The average Bonchev–Trinajstić information content (AvgIpc) is 2.24. The van der Waals surface area contributed by atoms with E-state index in [1.165, 1.54) is 6.92 Å². The summed E-state index contributed by atoms with van der Waals surface area (Å²) in [5.74, 6) is 0.654.